The van der Waals surface area contributed by atoms with E-state index in [4.69, 9.17) is 0 Å². The highest BCUT2D eigenvalue weighted by Crippen LogP contribution is 2.69. The minimum atomic E-state index is -0.278. The molecule has 0 bridgehead atoms. The van der Waals surface area contributed by atoms with Crippen LogP contribution < -0.4 is 0 Å². The molecule has 0 aliphatic heterocycles. The van der Waals surface area contributed by atoms with Crippen LogP contribution in [0.25, 0.3) is 0 Å². The summed E-state index contributed by atoms with van der Waals surface area (Å²) in [5.41, 5.74) is 0.0832. The Bertz CT molecular complexity index is 619. The van der Waals surface area contributed by atoms with Gasteiger partial charge in [0.05, 0.1) is 18.3 Å². The SMILES string of the molecule is CC[C@H]1C(O)C2C3CC[C@H]([C@H](C)CC(C)C)[C@@]3(C)[C@@H](O)CC2[C@@]2(C)CC[C@@H](O)C[C@@H]12. The third-order valence-corrected chi connectivity index (χ3v) is 11.1. The maximum absolute atomic E-state index is 11.8. The summed E-state index contributed by atoms with van der Waals surface area (Å²) in [6.45, 7) is 14.1. The van der Waals surface area contributed by atoms with Crippen molar-refractivity contribution in [3.8, 4) is 0 Å². The van der Waals surface area contributed by atoms with Crippen LogP contribution in [0, 0.1) is 58.2 Å². The van der Waals surface area contributed by atoms with Gasteiger partial charge >= 0.3 is 0 Å². The topological polar surface area (TPSA) is 60.7 Å². The van der Waals surface area contributed by atoms with E-state index in [1.54, 1.807) is 0 Å². The molecule has 4 fully saturated rings. The summed E-state index contributed by atoms with van der Waals surface area (Å²) < 4.78 is 0. The molecule has 4 saturated carbocycles. The zero-order valence-corrected chi connectivity index (χ0v) is 20.3. The number of hydrogen-bond donors (Lipinski definition) is 3. The van der Waals surface area contributed by atoms with E-state index in [1.807, 2.05) is 0 Å². The van der Waals surface area contributed by atoms with E-state index >= 15 is 0 Å². The number of hydrogen-bond acceptors (Lipinski definition) is 3. The van der Waals surface area contributed by atoms with Crippen molar-refractivity contribution in [2.24, 2.45) is 58.2 Å². The van der Waals surface area contributed by atoms with E-state index in [0.717, 1.165) is 32.1 Å². The van der Waals surface area contributed by atoms with Crippen LogP contribution >= 0.6 is 0 Å². The first kappa shape index (κ1) is 23.1. The Kier molecular flexibility index (Phi) is 6.17. The van der Waals surface area contributed by atoms with Gasteiger partial charge in [-0.25, -0.2) is 0 Å². The summed E-state index contributed by atoms with van der Waals surface area (Å²) in [6.07, 6.45) is 7.45. The first-order valence-electron chi connectivity index (χ1n) is 13.1. The number of rotatable bonds is 4. The zero-order valence-electron chi connectivity index (χ0n) is 20.3. The van der Waals surface area contributed by atoms with Crippen LogP contribution in [-0.4, -0.2) is 33.6 Å². The molecule has 0 heterocycles. The number of aliphatic hydroxyl groups excluding tert-OH is 3. The Morgan fingerprint density at radius 1 is 0.900 bits per heavy atom. The summed E-state index contributed by atoms with van der Waals surface area (Å²) in [6, 6.07) is 0. The molecule has 4 aliphatic carbocycles. The van der Waals surface area contributed by atoms with Crippen molar-refractivity contribution in [1.29, 1.82) is 0 Å². The third kappa shape index (κ3) is 3.24. The fourth-order valence-corrected chi connectivity index (χ4v) is 9.80. The molecule has 0 amide bonds. The van der Waals surface area contributed by atoms with Crippen LogP contribution in [-0.2, 0) is 0 Å². The normalized spacial score (nSPS) is 54.4. The smallest absolute Gasteiger partial charge is 0.0605 e. The van der Waals surface area contributed by atoms with Gasteiger partial charge in [-0.3, -0.25) is 0 Å². The average molecular weight is 421 g/mol. The van der Waals surface area contributed by atoms with E-state index in [2.05, 4.69) is 41.5 Å². The standard InChI is InChI=1S/C27H48O3/c1-7-18-21-13-17(28)10-11-26(21,5)22-14-23(29)27(6)19(16(4)12-15(2)3)8-9-20(27)24(22)25(18)30/h15-25,28-30H,7-14H2,1-6H3/t16-,17-,18-,19-,20?,21+,22?,23+,24?,25?,26+,27-/m1/s1. The molecule has 0 spiro atoms. The van der Waals surface area contributed by atoms with E-state index in [-0.39, 0.29) is 35.1 Å². The molecular formula is C27H48O3. The van der Waals surface area contributed by atoms with Crippen molar-refractivity contribution >= 4 is 0 Å². The van der Waals surface area contributed by atoms with Gasteiger partial charge in [-0.1, -0.05) is 48.0 Å². The Labute approximate surface area is 185 Å². The molecular weight excluding hydrogens is 372 g/mol. The fraction of sp³-hybridized carbons (Fsp3) is 1.00. The highest BCUT2D eigenvalue weighted by Gasteiger charge is 2.67. The maximum Gasteiger partial charge on any atom is 0.0605 e. The quantitative estimate of drug-likeness (QED) is 0.581. The molecule has 174 valence electrons. The van der Waals surface area contributed by atoms with Gasteiger partial charge in [0.2, 0.25) is 0 Å². The molecule has 0 saturated heterocycles. The van der Waals surface area contributed by atoms with Crippen LogP contribution in [0.1, 0.15) is 92.9 Å². The van der Waals surface area contributed by atoms with Gasteiger partial charge in [-0.05, 0) is 103 Å². The van der Waals surface area contributed by atoms with Gasteiger partial charge in [-0.15, -0.1) is 0 Å². The van der Waals surface area contributed by atoms with Gasteiger partial charge in [0.1, 0.15) is 0 Å². The van der Waals surface area contributed by atoms with E-state index in [0.29, 0.717) is 41.4 Å². The van der Waals surface area contributed by atoms with Crippen molar-refractivity contribution in [2.75, 3.05) is 0 Å². The van der Waals surface area contributed by atoms with Gasteiger partial charge in [0, 0.05) is 0 Å². The van der Waals surface area contributed by atoms with Crippen LogP contribution in [0.4, 0.5) is 0 Å². The summed E-state index contributed by atoms with van der Waals surface area (Å²) in [5, 5.41) is 33.9. The van der Waals surface area contributed by atoms with Gasteiger partial charge in [0.15, 0.2) is 0 Å². The Morgan fingerprint density at radius 3 is 2.23 bits per heavy atom. The first-order chi connectivity index (χ1) is 14.1. The van der Waals surface area contributed by atoms with Crippen molar-refractivity contribution in [2.45, 2.75) is 111 Å². The van der Waals surface area contributed by atoms with Crippen molar-refractivity contribution < 1.29 is 15.3 Å². The predicted octanol–water partition coefficient (Wildman–Crippen LogP) is 5.27. The predicted molar refractivity (Wildman–Crippen MR) is 122 cm³/mol. The maximum atomic E-state index is 11.8. The second kappa shape index (κ2) is 8.03. The second-order valence-electron chi connectivity index (χ2n) is 12.8. The third-order valence-electron chi connectivity index (χ3n) is 11.1. The Balaban J connectivity index is 1.70. The van der Waals surface area contributed by atoms with Crippen LogP contribution in [0.5, 0.6) is 0 Å². The van der Waals surface area contributed by atoms with Gasteiger partial charge < -0.3 is 15.3 Å². The monoisotopic (exact) mass is 420 g/mol. The molecule has 0 aromatic rings. The van der Waals surface area contributed by atoms with Crippen molar-refractivity contribution in [3.63, 3.8) is 0 Å². The average Bonchev–Trinajstić information content (AvgIpc) is 3.02. The molecule has 0 aromatic heterocycles. The van der Waals surface area contributed by atoms with Crippen molar-refractivity contribution in [3.05, 3.63) is 0 Å². The lowest BCUT2D eigenvalue weighted by atomic mass is 9.41. The summed E-state index contributed by atoms with van der Waals surface area (Å²) in [4.78, 5) is 0. The molecule has 4 unspecified atom stereocenters. The van der Waals surface area contributed by atoms with E-state index in [9.17, 15) is 15.3 Å². The molecule has 0 aromatic carbocycles. The van der Waals surface area contributed by atoms with Gasteiger partial charge in [0.25, 0.3) is 0 Å². The number of aliphatic hydroxyl groups is 3. The molecule has 3 N–H and O–H groups in total. The van der Waals surface area contributed by atoms with E-state index < -0.39 is 0 Å². The number of fused-ring (bicyclic) bond motifs is 5. The summed E-state index contributed by atoms with van der Waals surface area (Å²) in [7, 11) is 0. The second-order valence-corrected chi connectivity index (χ2v) is 12.8. The molecule has 30 heavy (non-hydrogen) atoms. The molecule has 0 radical (unpaired) electrons. The molecule has 12 atom stereocenters. The molecule has 4 rings (SSSR count). The van der Waals surface area contributed by atoms with Crippen LogP contribution in [0.2, 0.25) is 0 Å². The fourth-order valence-electron chi connectivity index (χ4n) is 9.80. The minimum Gasteiger partial charge on any atom is -0.393 e. The lowest BCUT2D eigenvalue weighted by Gasteiger charge is -2.65. The van der Waals surface area contributed by atoms with E-state index in [1.165, 1.54) is 19.3 Å². The lowest BCUT2D eigenvalue weighted by molar-refractivity contribution is -0.228. The van der Waals surface area contributed by atoms with Crippen LogP contribution in [0.15, 0.2) is 0 Å². The Morgan fingerprint density at radius 2 is 1.60 bits per heavy atom. The summed E-state index contributed by atoms with van der Waals surface area (Å²) >= 11 is 0. The van der Waals surface area contributed by atoms with Crippen molar-refractivity contribution in [1.82, 2.24) is 0 Å². The summed E-state index contributed by atoms with van der Waals surface area (Å²) in [5.74, 6) is 3.69. The molecule has 3 heteroatoms. The molecule has 3 nitrogen and oxygen atoms in total. The lowest BCUT2D eigenvalue weighted by Crippen LogP contribution is -2.65. The van der Waals surface area contributed by atoms with Gasteiger partial charge in [-0.2, -0.15) is 0 Å². The first-order valence-corrected chi connectivity index (χ1v) is 13.1. The van der Waals surface area contributed by atoms with Crippen LogP contribution in [0.3, 0.4) is 0 Å². The zero-order chi connectivity index (χ0) is 22.0. The molecule has 4 aliphatic rings. The highest BCUT2D eigenvalue weighted by molar-refractivity contribution is 5.15. The highest BCUT2D eigenvalue weighted by atomic mass is 16.3. The largest absolute Gasteiger partial charge is 0.393 e. The Hall–Kier alpha value is -0.120. The minimum absolute atomic E-state index is 0.0634.